The molecule has 3 atom stereocenters. The summed E-state index contributed by atoms with van der Waals surface area (Å²) in [6.07, 6.45) is 9.02. The van der Waals surface area contributed by atoms with Gasteiger partial charge in [-0.15, -0.1) is 0 Å². The lowest BCUT2D eigenvalue weighted by atomic mass is 9.63. The predicted octanol–water partition coefficient (Wildman–Crippen LogP) is 3.60. The molecule has 220 valence electrons. The summed E-state index contributed by atoms with van der Waals surface area (Å²) >= 11 is 0. The van der Waals surface area contributed by atoms with Gasteiger partial charge in [-0.1, -0.05) is 18.7 Å². The smallest absolute Gasteiger partial charge is 0.318 e. The van der Waals surface area contributed by atoms with Gasteiger partial charge in [-0.05, 0) is 93.6 Å². The molecule has 2 aliphatic carbocycles. The monoisotopic (exact) mass is 563 g/mol. The molecule has 8 nitrogen and oxygen atoms in total. The molecule has 0 N–H and O–H groups in total. The summed E-state index contributed by atoms with van der Waals surface area (Å²) in [6, 6.07) is 6.22. The van der Waals surface area contributed by atoms with Crippen molar-refractivity contribution in [3.8, 4) is 6.01 Å². The van der Waals surface area contributed by atoms with Crippen LogP contribution in [0.2, 0.25) is 0 Å². The van der Waals surface area contributed by atoms with Crippen LogP contribution < -0.4 is 9.64 Å². The van der Waals surface area contributed by atoms with Crippen LogP contribution in [0.25, 0.3) is 0 Å². The van der Waals surface area contributed by atoms with Gasteiger partial charge in [-0.2, -0.15) is 9.97 Å². The largest absolute Gasteiger partial charge is 0.462 e. The first-order valence-electron chi connectivity index (χ1n) is 15.1. The number of nitrogens with zero attached hydrogens (tertiary/aromatic N) is 5. The van der Waals surface area contributed by atoms with Crippen molar-refractivity contribution in [3.63, 3.8) is 0 Å². The Bertz CT molecular complexity index is 1300. The number of carbonyl (C=O) groups is 1. The van der Waals surface area contributed by atoms with Crippen LogP contribution in [0.4, 0.5) is 10.2 Å². The average Bonchev–Trinajstić information content (AvgIpc) is 3.39. The molecule has 6 rings (SSSR count). The minimum atomic E-state index is -0.0963. The third-order valence-electron chi connectivity index (χ3n) is 9.86. The quantitative estimate of drug-likeness (QED) is 0.477. The highest BCUT2D eigenvalue weighted by atomic mass is 19.1. The molecule has 2 fully saturated rings. The Hall–Kier alpha value is -3.04. The number of ether oxygens (including phenoxy) is 2. The highest BCUT2D eigenvalue weighted by Gasteiger charge is 2.41. The lowest BCUT2D eigenvalue weighted by Crippen LogP contribution is -2.57. The second-order valence-corrected chi connectivity index (χ2v) is 12.4. The van der Waals surface area contributed by atoms with E-state index in [9.17, 15) is 9.18 Å². The molecule has 2 aliphatic heterocycles. The number of likely N-dealkylation sites (N-methyl/N-ethyl adjacent to an activating group) is 1. The minimum Gasteiger partial charge on any atom is -0.462 e. The van der Waals surface area contributed by atoms with E-state index in [1.54, 1.807) is 13.2 Å². The number of hydrogen-bond donors (Lipinski definition) is 0. The molecular formula is C32H42FN5O3. The van der Waals surface area contributed by atoms with Gasteiger partial charge in [-0.25, -0.2) is 4.39 Å². The second kappa shape index (κ2) is 11.7. The number of likely N-dealkylation sites (tertiary alicyclic amines) is 1. The van der Waals surface area contributed by atoms with E-state index < -0.39 is 0 Å². The van der Waals surface area contributed by atoms with Crippen molar-refractivity contribution in [2.75, 3.05) is 58.5 Å². The Labute approximate surface area is 242 Å². The average molecular weight is 564 g/mol. The Kier molecular flexibility index (Phi) is 8.01. The summed E-state index contributed by atoms with van der Waals surface area (Å²) in [5.41, 5.74) is 4.33. The first kappa shape index (κ1) is 28.1. The highest BCUT2D eigenvalue weighted by molar-refractivity contribution is 5.87. The van der Waals surface area contributed by atoms with Crippen molar-refractivity contribution in [2.45, 2.75) is 63.5 Å². The van der Waals surface area contributed by atoms with Crippen molar-refractivity contribution in [3.05, 3.63) is 59.1 Å². The number of methoxy groups -OCH3 is 1. The fraction of sp³-hybridized carbons (Fsp3) is 0.594. The highest BCUT2D eigenvalue weighted by Crippen LogP contribution is 2.47. The molecule has 1 amide bonds. The van der Waals surface area contributed by atoms with Crippen molar-refractivity contribution in [1.82, 2.24) is 19.8 Å². The lowest BCUT2D eigenvalue weighted by Gasteiger charge is -2.44. The summed E-state index contributed by atoms with van der Waals surface area (Å²) < 4.78 is 26.3. The maximum absolute atomic E-state index is 14.5. The molecule has 0 unspecified atom stereocenters. The fourth-order valence-corrected chi connectivity index (χ4v) is 7.50. The number of amides is 1. The molecule has 0 saturated carbocycles. The fourth-order valence-electron chi connectivity index (χ4n) is 7.50. The van der Waals surface area contributed by atoms with Gasteiger partial charge in [0, 0.05) is 38.3 Å². The first-order valence-corrected chi connectivity index (χ1v) is 15.1. The molecule has 2 aromatic rings. The normalized spacial score (nSPS) is 26.1. The van der Waals surface area contributed by atoms with Gasteiger partial charge in [0.05, 0.1) is 18.3 Å². The number of anilines is 1. The Morgan fingerprint density at radius 2 is 1.95 bits per heavy atom. The zero-order valence-corrected chi connectivity index (χ0v) is 24.4. The molecule has 1 aromatic heterocycles. The number of fused-ring (bicyclic) bond motifs is 2. The molecular weight excluding hydrogens is 521 g/mol. The van der Waals surface area contributed by atoms with E-state index in [1.165, 1.54) is 18.1 Å². The molecule has 1 aromatic carbocycles. The molecule has 2 saturated heterocycles. The number of halogens is 1. The Morgan fingerprint density at radius 3 is 2.71 bits per heavy atom. The zero-order chi connectivity index (χ0) is 28.6. The summed E-state index contributed by atoms with van der Waals surface area (Å²) in [4.78, 5) is 29.1. The van der Waals surface area contributed by atoms with E-state index in [4.69, 9.17) is 19.4 Å². The third kappa shape index (κ3) is 5.58. The van der Waals surface area contributed by atoms with Crippen LogP contribution >= 0.6 is 0 Å². The van der Waals surface area contributed by atoms with Crippen molar-refractivity contribution >= 4 is 11.7 Å². The molecule has 9 heteroatoms. The maximum Gasteiger partial charge on any atom is 0.318 e. The molecule has 0 bridgehead atoms. The van der Waals surface area contributed by atoms with Crippen LogP contribution in [0.5, 0.6) is 6.01 Å². The zero-order valence-electron chi connectivity index (χ0n) is 24.4. The van der Waals surface area contributed by atoms with E-state index >= 15 is 0 Å². The summed E-state index contributed by atoms with van der Waals surface area (Å²) in [5, 5.41) is 0. The van der Waals surface area contributed by atoms with Gasteiger partial charge < -0.3 is 24.2 Å². The number of aromatic nitrogens is 2. The van der Waals surface area contributed by atoms with Gasteiger partial charge in [0.25, 0.3) is 0 Å². The van der Waals surface area contributed by atoms with Gasteiger partial charge >= 0.3 is 6.01 Å². The van der Waals surface area contributed by atoms with Crippen molar-refractivity contribution in [1.29, 1.82) is 0 Å². The van der Waals surface area contributed by atoms with Crippen LogP contribution in [0.1, 0.15) is 48.1 Å². The second-order valence-electron chi connectivity index (χ2n) is 12.4. The van der Waals surface area contributed by atoms with E-state index in [0.29, 0.717) is 44.9 Å². The molecule has 3 heterocycles. The van der Waals surface area contributed by atoms with E-state index in [0.717, 1.165) is 74.1 Å². The van der Waals surface area contributed by atoms with Crippen molar-refractivity contribution < 1.29 is 18.7 Å². The summed E-state index contributed by atoms with van der Waals surface area (Å²) in [7, 11) is 3.81. The molecule has 4 aliphatic rings. The molecule has 41 heavy (non-hydrogen) atoms. The summed E-state index contributed by atoms with van der Waals surface area (Å²) in [5.74, 6) is 0.774. The van der Waals surface area contributed by atoms with Crippen LogP contribution in [-0.4, -0.2) is 91.3 Å². The third-order valence-corrected chi connectivity index (χ3v) is 9.86. The summed E-state index contributed by atoms with van der Waals surface area (Å²) in [6.45, 7) is 7.66. The van der Waals surface area contributed by atoms with Crippen LogP contribution in [0.15, 0.2) is 30.9 Å². The van der Waals surface area contributed by atoms with Gasteiger partial charge in [-0.3, -0.25) is 4.79 Å². The minimum absolute atomic E-state index is 0.0655. The van der Waals surface area contributed by atoms with Crippen molar-refractivity contribution in [2.24, 2.45) is 5.41 Å². The van der Waals surface area contributed by atoms with E-state index in [-0.39, 0.29) is 23.2 Å². The first-order chi connectivity index (χ1) is 19.9. The van der Waals surface area contributed by atoms with Crippen LogP contribution in [-0.2, 0) is 35.2 Å². The van der Waals surface area contributed by atoms with Gasteiger partial charge in [0.1, 0.15) is 18.2 Å². The Morgan fingerprint density at radius 1 is 1.12 bits per heavy atom. The maximum atomic E-state index is 14.5. The lowest BCUT2D eigenvalue weighted by molar-refractivity contribution is -0.129. The SMILES string of the molecule is C=CC(=O)N1CCN(c2nc(OC[C@@H]3CCCN3C)nc3c2CC[C@@]2(CCc4c(F)cccc4C2)C3)C[C@@H]1COC. The predicted molar refractivity (Wildman–Crippen MR) is 156 cm³/mol. The topological polar surface area (TPSA) is 71.0 Å². The standard InChI is InChI=1S/C32H42FN5O3/c1-4-29(39)38-16-15-37(19-24(38)20-40-3)30-26-11-13-32(12-10-25-22(17-32)7-5-9-27(25)33)18-28(26)34-31(35-30)41-21-23-8-6-14-36(23)2/h4-5,7,9,23-24H,1,6,8,10-21H2,2-3H3/t23-,24+,32+/m0/s1. The van der Waals surface area contributed by atoms with Gasteiger partial charge in [0.2, 0.25) is 5.91 Å². The molecule has 0 radical (unpaired) electrons. The van der Waals surface area contributed by atoms with Gasteiger partial charge in [0.15, 0.2) is 0 Å². The number of carbonyl (C=O) groups excluding carboxylic acids is 1. The van der Waals surface area contributed by atoms with E-state index in [2.05, 4.69) is 29.5 Å². The number of rotatable bonds is 7. The molecule has 1 spiro atoms. The number of benzene rings is 1. The van der Waals surface area contributed by atoms with Crippen LogP contribution in [0.3, 0.4) is 0 Å². The van der Waals surface area contributed by atoms with Crippen LogP contribution in [0, 0.1) is 11.2 Å². The Balaban J connectivity index is 1.30. The number of piperazine rings is 1. The van der Waals surface area contributed by atoms with E-state index in [1.807, 2.05) is 11.0 Å². The number of hydrogen-bond acceptors (Lipinski definition) is 7.